The Hall–Kier alpha value is -2.86. The molecule has 25 heavy (non-hydrogen) atoms. The van der Waals surface area contributed by atoms with Gasteiger partial charge in [-0.2, -0.15) is 0 Å². The van der Waals surface area contributed by atoms with E-state index in [0.717, 1.165) is 17.1 Å². The van der Waals surface area contributed by atoms with Crippen molar-refractivity contribution in [3.05, 3.63) is 77.9 Å². The normalized spacial score (nSPS) is 11.0. The maximum absolute atomic E-state index is 13.9. The summed E-state index contributed by atoms with van der Waals surface area (Å²) in [5.74, 6) is 0.722. The standard InChI is InChI=1S/C19H19FN2O3/c1-14-6-7-18(17(20)10-14)21-19(23)13-22(11-15-4-2-8-24-15)12-16-5-3-9-25-16/h2-10H,11-13H2,1H3,(H,21,23). The molecule has 0 spiro atoms. The van der Waals surface area contributed by atoms with E-state index in [1.807, 2.05) is 17.0 Å². The highest BCUT2D eigenvalue weighted by Gasteiger charge is 2.16. The third-order valence-electron chi connectivity index (χ3n) is 3.68. The van der Waals surface area contributed by atoms with Gasteiger partial charge in [0, 0.05) is 0 Å². The number of aryl methyl sites for hydroxylation is 1. The number of amides is 1. The van der Waals surface area contributed by atoms with E-state index >= 15 is 0 Å². The van der Waals surface area contributed by atoms with Gasteiger partial charge in [-0.1, -0.05) is 6.07 Å². The van der Waals surface area contributed by atoms with Crippen LogP contribution in [-0.4, -0.2) is 17.4 Å². The Morgan fingerprint density at radius 1 is 1.08 bits per heavy atom. The smallest absolute Gasteiger partial charge is 0.238 e. The summed E-state index contributed by atoms with van der Waals surface area (Å²) in [6.07, 6.45) is 3.17. The molecular weight excluding hydrogens is 323 g/mol. The summed E-state index contributed by atoms with van der Waals surface area (Å²) in [6.45, 7) is 2.76. The molecule has 3 aromatic rings. The first-order chi connectivity index (χ1) is 12.1. The summed E-state index contributed by atoms with van der Waals surface area (Å²) in [5.41, 5.74) is 0.972. The molecule has 3 rings (SSSR count). The van der Waals surface area contributed by atoms with E-state index in [4.69, 9.17) is 8.83 Å². The molecule has 0 aliphatic heterocycles. The number of anilines is 1. The first-order valence-electron chi connectivity index (χ1n) is 7.93. The van der Waals surface area contributed by atoms with Crippen LogP contribution < -0.4 is 5.32 Å². The lowest BCUT2D eigenvalue weighted by Gasteiger charge is -2.19. The van der Waals surface area contributed by atoms with E-state index in [1.165, 1.54) is 6.07 Å². The molecule has 130 valence electrons. The summed E-state index contributed by atoms with van der Waals surface area (Å²) < 4.78 is 24.6. The van der Waals surface area contributed by atoms with Crippen LogP contribution in [0.25, 0.3) is 0 Å². The second-order valence-corrected chi connectivity index (χ2v) is 5.84. The maximum atomic E-state index is 13.9. The average Bonchev–Trinajstić information content (AvgIpc) is 3.24. The van der Waals surface area contributed by atoms with Crippen molar-refractivity contribution in [2.45, 2.75) is 20.0 Å². The summed E-state index contributed by atoms with van der Waals surface area (Å²) >= 11 is 0. The Morgan fingerprint density at radius 2 is 1.72 bits per heavy atom. The van der Waals surface area contributed by atoms with Gasteiger partial charge < -0.3 is 14.2 Å². The second kappa shape index (κ2) is 7.81. The molecule has 0 aliphatic rings. The fourth-order valence-corrected chi connectivity index (χ4v) is 2.53. The molecule has 0 saturated carbocycles. The Labute approximate surface area is 145 Å². The van der Waals surface area contributed by atoms with Crippen molar-refractivity contribution in [3.63, 3.8) is 0 Å². The first kappa shape index (κ1) is 17.0. The van der Waals surface area contributed by atoms with Gasteiger partial charge in [0.25, 0.3) is 0 Å². The number of hydrogen-bond acceptors (Lipinski definition) is 4. The third-order valence-corrected chi connectivity index (χ3v) is 3.68. The molecule has 0 atom stereocenters. The molecule has 2 aromatic heterocycles. The number of hydrogen-bond donors (Lipinski definition) is 1. The van der Waals surface area contributed by atoms with Gasteiger partial charge in [0.05, 0.1) is 37.8 Å². The van der Waals surface area contributed by atoms with Crippen LogP contribution in [-0.2, 0) is 17.9 Å². The van der Waals surface area contributed by atoms with Crippen molar-refractivity contribution in [3.8, 4) is 0 Å². The Bertz CT molecular complexity index is 777. The summed E-state index contributed by atoms with van der Waals surface area (Å²) in [6, 6.07) is 12.0. The highest BCUT2D eigenvalue weighted by atomic mass is 19.1. The summed E-state index contributed by atoms with van der Waals surface area (Å²) in [4.78, 5) is 14.2. The van der Waals surface area contributed by atoms with Crippen molar-refractivity contribution in [2.75, 3.05) is 11.9 Å². The molecule has 0 fully saturated rings. The summed E-state index contributed by atoms with van der Waals surface area (Å²) in [5, 5.41) is 2.61. The van der Waals surface area contributed by atoms with E-state index in [-0.39, 0.29) is 18.1 Å². The zero-order valence-corrected chi connectivity index (χ0v) is 13.9. The molecular formula is C19H19FN2O3. The molecule has 0 saturated heterocycles. The van der Waals surface area contributed by atoms with Gasteiger partial charge in [0.2, 0.25) is 5.91 Å². The Kier molecular flexibility index (Phi) is 5.30. The maximum Gasteiger partial charge on any atom is 0.238 e. The van der Waals surface area contributed by atoms with Crippen molar-refractivity contribution in [1.29, 1.82) is 0 Å². The minimum absolute atomic E-state index is 0.0781. The van der Waals surface area contributed by atoms with Crippen molar-refractivity contribution >= 4 is 11.6 Å². The molecule has 1 N–H and O–H groups in total. The number of furan rings is 2. The number of rotatable bonds is 7. The Morgan fingerprint density at radius 3 is 2.24 bits per heavy atom. The first-order valence-corrected chi connectivity index (χ1v) is 7.93. The number of halogens is 1. The number of carbonyl (C=O) groups is 1. The molecule has 0 aliphatic carbocycles. The lowest BCUT2D eigenvalue weighted by molar-refractivity contribution is -0.117. The molecule has 2 heterocycles. The van der Waals surface area contributed by atoms with E-state index in [0.29, 0.717) is 13.1 Å². The van der Waals surface area contributed by atoms with Gasteiger partial charge in [0.15, 0.2) is 0 Å². The van der Waals surface area contributed by atoms with E-state index < -0.39 is 5.82 Å². The zero-order chi connectivity index (χ0) is 17.6. The third kappa shape index (κ3) is 4.81. The quantitative estimate of drug-likeness (QED) is 0.706. The van der Waals surface area contributed by atoms with Crippen LogP contribution in [0.4, 0.5) is 10.1 Å². The second-order valence-electron chi connectivity index (χ2n) is 5.84. The van der Waals surface area contributed by atoms with Crippen LogP contribution in [0.3, 0.4) is 0 Å². The molecule has 6 heteroatoms. The predicted molar refractivity (Wildman–Crippen MR) is 91.3 cm³/mol. The topological polar surface area (TPSA) is 58.6 Å². The van der Waals surface area contributed by atoms with Crippen LogP contribution in [0, 0.1) is 12.7 Å². The van der Waals surface area contributed by atoms with Gasteiger partial charge in [-0.25, -0.2) is 4.39 Å². The van der Waals surface area contributed by atoms with Crippen LogP contribution in [0.1, 0.15) is 17.1 Å². The number of carbonyl (C=O) groups excluding carboxylic acids is 1. The van der Waals surface area contributed by atoms with Gasteiger partial charge in [0.1, 0.15) is 17.3 Å². The Balaban J connectivity index is 1.66. The number of nitrogens with zero attached hydrogens (tertiary/aromatic N) is 1. The molecule has 0 bridgehead atoms. The largest absolute Gasteiger partial charge is 0.468 e. The van der Waals surface area contributed by atoms with Crippen molar-refractivity contribution in [1.82, 2.24) is 4.90 Å². The highest BCUT2D eigenvalue weighted by Crippen LogP contribution is 2.16. The van der Waals surface area contributed by atoms with Crippen LogP contribution >= 0.6 is 0 Å². The lowest BCUT2D eigenvalue weighted by Crippen LogP contribution is -2.32. The highest BCUT2D eigenvalue weighted by molar-refractivity contribution is 5.92. The van der Waals surface area contributed by atoms with Crippen LogP contribution in [0.2, 0.25) is 0 Å². The van der Waals surface area contributed by atoms with Crippen LogP contribution in [0.15, 0.2) is 63.8 Å². The molecule has 0 radical (unpaired) electrons. The van der Waals surface area contributed by atoms with Crippen molar-refractivity contribution in [2.24, 2.45) is 0 Å². The number of benzene rings is 1. The minimum Gasteiger partial charge on any atom is -0.468 e. The summed E-state index contributed by atoms with van der Waals surface area (Å²) in [7, 11) is 0. The predicted octanol–water partition coefficient (Wildman–Crippen LogP) is 3.96. The van der Waals surface area contributed by atoms with Crippen molar-refractivity contribution < 1.29 is 18.0 Å². The van der Waals surface area contributed by atoms with E-state index in [1.54, 1.807) is 43.7 Å². The molecule has 0 unspecified atom stereocenters. The zero-order valence-electron chi connectivity index (χ0n) is 13.9. The fourth-order valence-electron chi connectivity index (χ4n) is 2.53. The van der Waals surface area contributed by atoms with Gasteiger partial charge >= 0.3 is 0 Å². The van der Waals surface area contributed by atoms with E-state index in [2.05, 4.69) is 5.32 Å². The van der Waals surface area contributed by atoms with Gasteiger partial charge in [-0.3, -0.25) is 9.69 Å². The SMILES string of the molecule is Cc1ccc(NC(=O)CN(Cc2ccco2)Cc2ccco2)c(F)c1. The van der Waals surface area contributed by atoms with Crippen LogP contribution in [0.5, 0.6) is 0 Å². The average molecular weight is 342 g/mol. The van der Waals surface area contributed by atoms with Gasteiger partial charge in [-0.15, -0.1) is 0 Å². The minimum atomic E-state index is -0.447. The van der Waals surface area contributed by atoms with Gasteiger partial charge in [-0.05, 0) is 48.9 Å². The lowest BCUT2D eigenvalue weighted by atomic mass is 10.2. The monoisotopic (exact) mass is 342 g/mol. The molecule has 1 amide bonds. The molecule has 5 nitrogen and oxygen atoms in total. The van der Waals surface area contributed by atoms with E-state index in [9.17, 15) is 9.18 Å². The molecule has 1 aromatic carbocycles. The fraction of sp³-hybridized carbons (Fsp3) is 0.211. The number of nitrogens with one attached hydrogen (secondary N) is 1.